The van der Waals surface area contributed by atoms with E-state index in [-0.39, 0.29) is 0 Å². The molecule has 0 amide bonds. The second kappa shape index (κ2) is 7.41. The van der Waals surface area contributed by atoms with Crippen LogP contribution in [0.5, 0.6) is 0 Å². The van der Waals surface area contributed by atoms with Gasteiger partial charge in [-0.3, -0.25) is 0 Å². The number of benzene rings is 1. The van der Waals surface area contributed by atoms with Gasteiger partial charge in [0.25, 0.3) is 0 Å². The van der Waals surface area contributed by atoms with Crippen LogP contribution in [-0.4, -0.2) is 23.2 Å². The van der Waals surface area contributed by atoms with Gasteiger partial charge in [-0.05, 0) is 55.4 Å². The summed E-state index contributed by atoms with van der Waals surface area (Å²) >= 11 is 5.60. The van der Waals surface area contributed by atoms with Crippen molar-refractivity contribution in [3.8, 4) is 0 Å². The second-order valence-corrected chi connectivity index (χ2v) is 8.22. The van der Waals surface area contributed by atoms with E-state index >= 15 is 0 Å². The summed E-state index contributed by atoms with van der Waals surface area (Å²) in [4.78, 5) is 1.70. The highest BCUT2D eigenvalue weighted by atomic mass is 32.1. The summed E-state index contributed by atoms with van der Waals surface area (Å²) in [5.74, 6) is 1.11. The summed E-state index contributed by atoms with van der Waals surface area (Å²) in [6.07, 6.45) is 6.77. The van der Waals surface area contributed by atoms with Crippen molar-refractivity contribution < 1.29 is 9.32 Å². The van der Waals surface area contributed by atoms with Crippen molar-refractivity contribution in [3.63, 3.8) is 0 Å². The Morgan fingerprint density at radius 3 is 2.62 bits per heavy atom. The maximum Gasteiger partial charge on any atom is 0.171 e. The molecule has 26 heavy (non-hydrogen) atoms. The van der Waals surface area contributed by atoms with Gasteiger partial charge in [-0.1, -0.05) is 12.1 Å². The molecule has 4 atom stereocenters. The van der Waals surface area contributed by atoms with Crippen molar-refractivity contribution in [1.82, 2.24) is 5.32 Å². The van der Waals surface area contributed by atoms with Gasteiger partial charge in [0.05, 0.1) is 18.3 Å². The molecule has 0 saturated carbocycles. The molecule has 0 radical (unpaired) electrons. The highest BCUT2D eigenvalue weighted by molar-refractivity contribution is 7.80. The van der Waals surface area contributed by atoms with E-state index in [0.29, 0.717) is 18.1 Å². The molecule has 1 aromatic heterocycles. The molecule has 0 spiro atoms. The summed E-state index contributed by atoms with van der Waals surface area (Å²) in [7, 11) is 0. The van der Waals surface area contributed by atoms with Crippen LogP contribution in [0.3, 0.4) is 0 Å². The van der Waals surface area contributed by atoms with Crippen LogP contribution in [0.4, 0.5) is 5.69 Å². The Kier molecular flexibility index (Phi) is 5.00. The predicted octanol–water partition coefficient (Wildman–Crippen LogP) is 2.96. The molecule has 2 saturated heterocycles. The molecule has 2 aromatic rings. The molecular weight excluding hydrogens is 342 g/mol. The smallest absolute Gasteiger partial charge is 0.171 e. The number of piperidine rings is 1. The van der Waals surface area contributed by atoms with Crippen molar-refractivity contribution in [3.05, 3.63) is 53.5 Å². The number of quaternary nitrogens is 1. The number of anilines is 1. The van der Waals surface area contributed by atoms with E-state index in [1.54, 1.807) is 11.2 Å². The lowest BCUT2D eigenvalue weighted by atomic mass is 9.97. The van der Waals surface area contributed by atoms with Gasteiger partial charge in [0, 0.05) is 37.4 Å². The second-order valence-electron chi connectivity index (χ2n) is 7.82. The number of hydrogen-bond acceptors (Lipinski definition) is 2. The minimum atomic E-state index is 0.470. The zero-order valence-corrected chi connectivity index (χ0v) is 16.4. The van der Waals surface area contributed by atoms with Crippen LogP contribution in [0.2, 0.25) is 0 Å². The largest absolute Gasteiger partial charge is 0.463 e. The summed E-state index contributed by atoms with van der Waals surface area (Å²) in [5.41, 5.74) is 3.64. The lowest BCUT2D eigenvalue weighted by Crippen LogP contribution is -3.17. The Morgan fingerprint density at radius 2 is 1.92 bits per heavy atom. The summed E-state index contributed by atoms with van der Waals surface area (Å²) in [6.45, 7) is 5.28. The van der Waals surface area contributed by atoms with Gasteiger partial charge in [0.2, 0.25) is 0 Å². The van der Waals surface area contributed by atoms with Crippen molar-refractivity contribution in [1.29, 1.82) is 0 Å². The number of fused-ring (bicyclic) bond motifs is 2. The summed E-state index contributed by atoms with van der Waals surface area (Å²) in [6, 6.07) is 12.3. The summed E-state index contributed by atoms with van der Waals surface area (Å²) < 4.78 is 5.57. The Labute approximate surface area is 161 Å². The lowest BCUT2D eigenvalue weighted by Gasteiger charge is -2.36. The van der Waals surface area contributed by atoms with Crippen molar-refractivity contribution >= 4 is 23.0 Å². The van der Waals surface area contributed by atoms with Crippen LogP contribution in [0.1, 0.15) is 42.6 Å². The first-order valence-electron chi connectivity index (χ1n) is 9.62. The quantitative estimate of drug-likeness (QED) is 0.724. The molecule has 1 aromatic carbocycles. The van der Waals surface area contributed by atoms with E-state index in [1.165, 1.54) is 36.8 Å². The average Bonchev–Trinajstić information content (AvgIpc) is 3.19. The maximum atomic E-state index is 5.60. The van der Waals surface area contributed by atoms with E-state index in [1.807, 2.05) is 6.07 Å². The fourth-order valence-electron chi connectivity index (χ4n) is 4.68. The number of aryl methyl sites for hydroxylation is 1. The molecule has 2 bridgehead atoms. The number of rotatable bonds is 4. The first kappa shape index (κ1) is 17.6. The standard InChI is InChI=1S/C21H27N3OS/c1-14-5-3-7-20(15(14)2)23-21(26)22-16-11-17-8-9-18(12-16)24(17)13-19-6-4-10-25-19/h3-7,10,16-18H,8-9,11-13H2,1-2H3,(H2,22,23,26)/p+1/t16?,17-,18+. The summed E-state index contributed by atoms with van der Waals surface area (Å²) in [5, 5.41) is 7.72. The zero-order valence-electron chi connectivity index (χ0n) is 15.5. The SMILES string of the molecule is Cc1cccc(NC(=S)NC2C[C@H]3CC[C@@H](C2)[NH+]3Cc2ccco2)c1C. The fraction of sp³-hybridized carbons (Fsp3) is 0.476. The topological polar surface area (TPSA) is 41.6 Å². The Balaban J connectivity index is 1.34. The van der Waals surface area contributed by atoms with Crippen LogP contribution in [0.15, 0.2) is 41.0 Å². The maximum absolute atomic E-state index is 5.60. The Morgan fingerprint density at radius 1 is 1.15 bits per heavy atom. The van der Waals surface area contributed by atoms with Crippen LogP contribution in [0, 0.1) is 13.8 Å². The number of thiocarbonyl (C=S) groups is 1. The van der Waals surface area contributed by atoms with Crippen LogP contribution >= 0.6 is 12.2 Å². The van der Waals surface area contributed by atoms with E-state index in [0.717, 1.165) is 23.1 Å². The van der Waals surface area contributed by atoms with E-state index in [9.17, 15) is 0 Å². The molecule has 0 aliphatic carbocycles. The van der Waals surface area contributed by atoms with E-state index in [2.05, 4.69) is 48.7 Å². The molecule has 2 unspecified atom stereocenters. The third-order valence-corrected chi connectivity index (χ3v) is 6.42. The van der Waals surface area contributed by atoms with Crippen molar-refractivity contribution in [2.75, 3.05) is 5.32 Å². The molecule has 3 N–H and O–H groups in total. The first-order chi connectivity index (χ1) is 12.6. The number of hydrogen-bond donors (Lipinski definition) is 3. The minimum Gasteiger partial charge on any atom is -0.463 e. The number of nitrogens with one attached hydrogen (secondary N) is 3. The minimum absolute atomic E-state index is 0.470. The lowest BCUT2D eigenvalue weighted by molar-refractivity contribution is -0.955. The van der Waals surface area contributed by atoms with Gasteiger partial charge in [-0.15, -0.1) is 0 Å². The molecule has 5 heteroatoms. The normalized spacial score (nSPS) is 27.3. The highest BCUT2D eigenvalue weighted by Gasteiger charge is 2.44. The molecule has 4 rings (SSSR count). The van der Waals surface area contributed by atoms with E-state index in [4.69, 9.17) is 16.6 Å². The zero-order chi connectivity index (χ0) is 18.1. The van der Waals surface area contributed by atoms with Gasteiger partial charge in [0.15, 0.2) is 10.9 Å². The molecule has 3 heterocycles. The van der Waals surface area contributed by atoms with E-state index < -0.39 is 0 Å². The average molecular weight is 371 g/mol. The molecule has 2 aliphatic rings. The monoisotopic (exact) mass is 370 g/mol. The first-order valence-corrected chi connectivity index (χ1v) is 10.0. The van der Waals surface area contributed by atoms with Crippen LogP contribution < -0.4 is 15.5 Å². The van der Waals surface area contributed by atoms with Gasteiger partial charge in [-0.25, -0.2) is 0 Å². The third kappa shape index (κ3) is 3.64. The predicted molar refractivity (Wildman–Crippen MR) is 108 cm³/mol. The third-order valence-electron chi connectivity index (χ3n) is 6.20. The number of furan rings is 1. The van der Waals surface area contributed by atoms with Crippen molar-refractivity contribution in [2.45, 2.75) is 64.2 Å². The molecular formula is C21H28N3OS+. The molecule has 4 nitrogen and oxygen atoms in total. The fourth-order valence-corrected chi connectivity index (χ4v) is 4.96. The molecule has 2 fully saturated rings. The van der Waals surface area contributed by atoms with Gasteiger partial charge in [-0.2, -0.15) is 0 Å². The van der Waals surface area contributed by atoms with Crippen molar-refractivity contribution in [2.24, 2.45) is 0 Å². The van der Waals surface area contributed by atoms with Gasteiger partial charge in [0.1, 0.15) is 6.54 Å². The highest BCUT2D eigenvalue weighted by Crippen LogP contribution is 2.24. The van der Waals surface area contributed by atoms with Crippen LogP contribution in [0.25, 0.3) is 0 Å². The molecule has 138 valence electrons. The molecule has 2 aliphatic heterocycles. The van der Waals surface area contributed by atoms with Gasteiger partial charge >= 0.3 is 0 Å². The Hall–Kier alpha value is -1.85. The van der Waals surface area contributed by atoms with Gasteiger partial charge < -0.3 is 20.0 Å². The van der Waals surface area contributed by atoms with Crippen LogP contribution in [-0.2, 0) is 6.54 Å². The Bertz CT molecular complexity index is 760.